The first kappa shape index (κ1) is 59.9. The molecule has 2 rings (SSSR count). The molecule has 29 heteroatoms. The first-order valence-electron chi connectivity index (χ1n) is 22.1. The highest BCUT2D eigenvalue weighted by Gasteiger charge is 2.53. The van der Waals surface area contributed by atoms with Crippen molar-refractivity contribution in [3.8, 4) is 0 Å². The lowest BCUT2D eigenvalue weighted by Gasteiger charge is -2.48. The maximum Gasteiger partial charge on any atom is 0.326 e. The van der Waals surface area contributed by atoms with Crippen molar-refractivity contribution in [1.29, 1.82) is 0 Å². The van der Waals surface area contributed by atoms with Crippen LogP contribution in [0.3, 0.4) is 0 Å². The van der Waals surface area contributed by atoms with Crippen molar-refractivity contribution in [3.05, 3.63) is 0 Å². The molecule has 16 atom stereocenters. The van der Waals surface area contributed by atoms with E-state index in [0.717, 1.165) is 20.8 Å². The van der Waals surface area contributed by atoms with E-state index in [1.165, 1.54) is 6.92 Å². The fourth-order valence-corrected chi connectivity index (χ4v) is 7.27. The summed E-state index contributed by atoms with van der Waals surface area (Å²) in [6.45, 7) is 3.03. The van der Waals surface area contributed by atoms with Gasteiger partial charge in [-0.1, -0.05) is 0 Å². The number of amides is 6. The number of hydrogen-bond acceptors (Lipinski definition) is 20. The van der Waals surface area contributed by atoms with E-state index in [9.17, 15) is 78.9 Å². The van der Waals surface area contributed by atoms with E-state index in [-0.39, 0.29) is 32.2 Å². The van der Waals surface area contributed by atoms with E-state index < -0.39 is 177 Å². The first-order chi connectivity index (χ1) is 32.4. The number of carboxylic acids is 3. The molecule has 6 amide bonds. The highest BCUT2D eigenvalue weighted by atomic mass is 16.7. The minimum Gasteiger partial charge on any atom is -0.480 e. The van der Waals surface area contributed by atoms with Crippen LogP contribution in [0, 0.1) is 0 Å². The van der Waals surface area contributed by atoms with E-state index in [1.807, 2.05) is 0 Å². The number of aliphatic hydroxyl groups excluding tert-OH is 5. The van der Waals surface area contributed by atoms with E-state index in [1.54, 1.807) is 0 Å². The Morgan fingerprint density at radius 3 is 1.74 bits per heavy atom. The topological polar surface area (TPSA) is 477 Å². The van der Waals surface area contributed by atoms with Gasteiger partial charge in [-0.05, 0) is 65.3 Å². The summed E-state index contributed by atoms with van der Waals surface area (Å²) in [6.07, 6.45) is -15.6. The van der Waals surface area contributed by atoms with Gasteiger partial charge in [0.2, 0.25) is 35.4 Å². The third-order valence-electron chi connectivity index (χ3n) is 11.1. The minimum atomic E-state index is -1.91. The summed E-state index contributed by atoms with van der Waals surface area (Å²) in [7, 11) is 0. The molecule has 2 fully saturated rings. The largest absolute Gasteiger partial charge is 0.480 e. The van der Waals surface area contributed by atoms with Crippen LogP contribution in [0.15, 0.2) is 0 Å². The molecule has 2 aliphatic heterocycles. The third kappa shape index (κ3) is 18.9. The summed E-state index contributed by atoms with van der Waals surface area (Å²) in [4.78, 5) is 113. The highest BCUT2D eigenvalue weighted by Crippen LogP contribution is 2.31. The van der Waals surface area contributed by atoms with Crippen LogP contribution >= 0.6 is 0 Å². The van der Waals surface area contributed by atoms with Crippen LogP contribution < -0.4 is 43.4 Å². The number of unbranched alkanes of at least 4 members (excludes halogenated alkanes) is 1. The number of carbonyl (C=O) groups is 9. The predicted molar refractivity (Wildman–Crippen MR) is 230 cm³/mol. The maximum absolute atomic E-state index is 13.5. The van der Waals surface area contributed by atoms with Gasteiger partial charge in [-0.15, -0.1) is 0 Å². The van der Waals surface area contributed by atoms with Crippen molar-refractivity contribution in [2.24, 2.45) is 11.5 Å². The van der Waals surface area contributed by atoms with Gasteiger partial charge in [-0.25, -0.2) is 9.59 Å². The molecule has 18 N–H and O–H groups in total. The summed E-state index contributed by atoms with van der Waals surface area (Å²) < 4.78 is 23.1. The van der Waals surface area contributed by atoms with Crippen molar-refractivity contribution in [1.82, 2.24) is 31.9 Å². The number of nitrogens with one attached hydrogen (secondary N) is 6. The van der Waals surface area contributed by atoms with Crippen LogP contribution in [-0.4, -0.2) is 212 Å². The number of hydrogen-bond donors (Lipinski definition) is 16. The number of carbonyl (C=O) groups excluding carboxylic acids is 6. The molecule has 0 aromatic heterocycles. The average molecular weight is 997 g/mol. The number of aliphatic hydroxyl groups is 5. The standard InChI is InChI=1S/C40H68N8O21/c1-16(33(56)47-23(38(63)64)11-12-26(53)46-21(10-7-8-20(42)36(59)60)35(58)48-22(37(61)62)9-5-6-13-41)43-34(57)17(2)66-32-28(45-19(4)52)39(65)67-25(15-50)31(32)69-40-27(44-18(3)51)30(55)29(54)24(14-49)68-40/h16-17,20-25,27-32,39-40,49-50,54-55,65H,5-15,41-42H2,1-4H3,(H,43,57)(H,44,51)(H,45,52)(H,46,53)(H,47,56)(H,48,58)(H,59,60)(H,61,62)(H,63,64). The van der Waals surface area contributed by atoms with Gasteiger partial charge in [-0.3, -0.25) is 33.6 Å². The van der Waals surface area contributed by atoms with E-state index in [0.29, 0.717) is 12.8 Å². The Morgan fingerprint density at radius 2 is 1.19 bits per heavy atom. The Kier molecular flexibility index (Phi) is 25.3. The van der Waals surface area contributed by atoms with E-state index >= 15 is 0 Å². The second-order valence-electron chi connectivity index (χ2n) is 16.6. The number of rotatable bonds is 29. The van der Waals surface area contributed by atoms with Crippen LogP contribution in [0.5, 0.6) is 0 Å². The molecule has 2 saturated heterocycles. The van der Waals surface area contributed by atoms with Crippen molar-refractivity contribution in [2.45, 2.75) is 177 Å². The van der Waals surface area contributed by atoms with Gasteiger partial charge in [0.05, 0.1) is 13.2 Å². The monoisotopic (exact) mass is 996 g/mol. The van der Waals surface area contributed by atoms with Gasteiger partial charge in [0.15, 0.2) is 12.6 Å². The van der Waals surface area contributed by atoms with Crippen LogP contribution in [0.25, 0.3) is 0 Å². The van der Waals surface area contributed by atoms with Crippen LogP contribution in [0.4, 0.5) is 0 Å². The van der Waals surface area contributed by atoms with Gasteiger partial charge < -0.3 is 103 Å². The SMILES string of the molecule is CC(=O)NC1C(OC2C(CO)OC(O)C(NC(C)=O)C2OC(C)C(=O)NC(C)C(=O)NC(CCC(=O)NC(CCCC(N)C(=O)O)C(=O)NC(CCCCN)C(=O)O)C(=O)O)OC(CO)C(O)C1O. The van der Waals surface area contributed by atoms with Crippen molar-refractivity contribution in [2.75, 3.05) is 19.8 Å². The summed E-state index contributed by atoms with van der Waals surface area (Å²) in [5, 5.41) is 94.8. The fraction of sp³-hybridized carbons (Fsp3) is 0.775. The zero-order valence-electron chi connectivity index (χ0n) is 38.6. The van der Waals surface area contributed by atoms with Crippen LogP contribution in [0.2, 0.25) is 0 Å². The normalized spacial score (nSPS) is 27.2. The quantitative estimate of drug-likeness (QED) is 0.0310. The molecule has 29 nitrogen and oxygen atoms in total. The molecule has 69 heavy (non-hydrogen) atoms. The number of aliphatic carboxylic acids is 3. The second kappa shape index (κ2) is 29.1. The first-order valence-corrected chi connectivity index (χ1v) is 22.1. The molecule has 16 unspecified atom stereocenters. The van der Waals surface area contributed by atoms with Crippen molar-refractivity contribution >= 4 is 53.4 Å². The molecule has 0 bridgehead atoms. The lowest BCUT2D eigenvalue weighted by atomic mass is 9.94. The van der Waals surface area contributed by atoms with Gasteiger partial charge >= 0.3 is 17.9 Å². The Hall–Kier alpha value is -5.21. The van der Waals surface area contributed by atoms with Gasteiger partial charge in [-0.2, -0.15) is 0 Å². The molecule has 0 saturated carbocycles. The lowest BCUT2D eigenvalue weighted by Crippen LogP contribution is -2.70. The Labute approximate surface area is 395 Å². The van der Waals surface area contributed by atoms with Crippen LogP contribution in [0.1, 0.15) is 79.1 Å². The van der Waals surface area contributed by atoms with Gasteiger partial charge in [0, 0.05) is 20.3 Å². The molecule has 2 heterocycles. The minimum absolute atomic E-state index is 0.000629. The summed E-state index contributed by atoms with van der Waals surface area (Å²) in [5.74, 6) is -9.65. The van der Waals surface area contributed by atoms with Crippen molar-refractivity contribution in [3.63, 3.8) is 0 Å². The Morgan fingerprint density at radius 1 is 0.623 bits per heavy atom. The molecular formula is C40H68N8O21. The molecule has 0 radical (unpaired) electrons. The third-order valence-corrected chi connectivity index (χ3v) is 11.1. The maximum atomic E-state index is 13.5. The van der Waals surface area contributed by atoms with E-state index in [4.69, 9.17) is 35.5 Å². The van der Waals surface area contributed by atoms with Gasteiger partial charge in [0.1, 0.15) is 85.0 Å². The predicted octanol–water partition coefficient (Wildman–Crippen LogP) is -7.08. The molecule has 0 aromatic carbocycles. The molecule has 394 valence electrons. The van der Waals surface area contributed by atoms with Gasteiger partial charge in [0.25, 0.3) is 0 Å². The molecule has 0 aliphatic carbocycles. The Balaban J connectivity index is 2.22. The number of nitrogens with two attached hydrogens (primary N) is 2. The fourth-order valence-electron chi connectivity index (χ4n) is 7.27. The summed E-state index contributed by atoms with van der Waals surface area (Å²) in [6, 6.07) is -10.4. The molecule has 0 aromatic rings. The summed E-state index contributed by atoms with van der Waals surface area (Å²) in [5.41, 5.74) is 11.0. The van der Waals surface area contributed by atoms with Crippen molar-refractivity contribution < 1.29 is 103 Å². The highest BCUT2D eigenvalue weighted by molar-refractivity contribution is 5.92. The Bertz CT molecular complexity index is 1760. The number of carboxylic acid groups (broad SMARTS) is 3. The molecular weight excluding hydrogens is 928 g/mol. The zero-order chi connectivity index (χ0) is 52.3. The summed E-state index contributed by atoms with van der Waals surface area (Å²) >= 11 is 0. The lowest BCUT2D eigenvalue weighted by molar-refractivity contribution is -0.333. The van der Waals surface area contributed by atoms with E-state index in [2.05, 4.69) is 31.9 Å². The average Bonchev–Trinajstić information content (AvgIpc) is 3.27. The second-order valence-corrected chi connectivity index (χ2v) is 16.6. The number of ether oxygens (including phenoxy) is 4. The smallest absolute Gasteiger partial charge is 0.326 e. The van der Waals surface area contributed by atoms with Crippen LogP contribution in [-0.2, 0) is 62.1 Å². The molecule has 0 spiro atoms. The zero-order valence-corrected chi connectivity index (χ0v) is 38.6. The molecule has 2 aliphatic rings.